The van der Waals surface area contributed by atoms with Gasteiger partial charge in [0.25, 0.3) is 10.0 Å². The summed E-state index contributed by atoms with van der Waals surface area (Å²) in [6.07, 6.45) is 0.238. The summed E-state index contributed by atoms with van der Waals surface area (Å²) in [6, 6.07) is 12.6. The van der Waals surface area contributed by atoms with Crippen molar-refractivity contribution in [3.05, 3.63) is 82.1 Å². The molecule has 0 aromatic heterocycles. The van der Waals surface area contributed by atoms with Gasteiger partial charge in [0.2, 0.25) is 11.8 Å². The molecule has 0 unspecified atom stereocenters. The SMILES string of the molecule is CC[C@@H](C(=O)NC)N(Cc1ccc(Cl)cc1Cl)C(=O)CN(c1ccc(F)cc1)S(=O)(=O)c1ccc2c(c1)OCCO2. The summed E-state index contributed by atoms with van der Waals surface area (Å²) in [4.78, 5) is 27.9. The summed E-state index contributed by atoms with van der Waals surface area (Å²) in [7, 11) is -2.95. The molecule has 4 rings (SSSR count). The van der Waals surface area contributed by atoms with Crippen molar-refractivity contribution in [2.75, 3.05) is 31.1 Å². The summed E-state index contributed by atoms with van der Waals surface area (Å²) in [5, 5.41) is 3.22. The van der Waals surface area contributed by atoms with Gasteiger partial charge in [-0.25, -0.2) is 12.8 Å². The standard InChI is InChI=1S/C28H28Cl2FN3O6S/c1-3-24(28(36)32-2)33(16-18-4-5-19(29)14-23(18)30)27(35)17-34(21-8-6-20(31)7-9-21)41(37,38)22-10-11-25-26(15-22)40-13-12-39-25/h4-11,14-15,24H,3,12-13,16-17H2,1-2H3,(H,32,36)/t24-/m0/s1. The Balaban J connectivity index is 1.76. The van der Waals surface area contributed by atoms with Crippen molar-refractivity contribution in [2.45, 2.75) is 30.8 Å². The lowest BCUT2D eigenvalue weighted by atomic mass is 10.1. The Labute approximate surface area is 247 Å². The number of likely N-dealkylation sites (N-methyl/N-ethyl adjacent to an activating group) is 1. The van der Waals surface area contributed by atoms with Crippen molar-refractivity contribution >= 4 is 50.7 Å². The normalized spacial score (nSPS) is 13.3. The van der Waals surface area contributed by atoms with Crippen molar-refractivity contribution in [3.63, 3.8) is 0 Å². The van der Waals surface area contributed by atoms with Crippen LogP contribution >= 0.6 is 23.2 Å². The lowest BCUT2D eigenvalue weighted by Gasteiger charge is -2.33. The first-order valence-corrected chi connectivity index (χ1v) is 14.9. The second-order valence-electron chi connectivity index (χ2n) is 9.09. The molecule has 1 N–H and O–H groups in total. The van der Waals surface area contributed by atoms with Crippen molar-refractivity contribution in [1.29, 1.82) is 0 Å². The number of carbonyl (C=O) groups excluding carboxylic acids is 2. The van der Waals surface area contributed by atoms with E-state index in [1.54, 1.807) is 19.1 Å². The second-order valence-corrected chi connectivity index (χ2v) is 11.8. The molecule has 218 valence electrons. The molecule has 13 heteroatoms. The van der Waals surface area contributed by atoms with Crippen molar-refractivity contribution in [3.8, 4) is 11.5 Å². The lowest BCUT2D eigenvalue weighted by molar-refractivity contribution is -0.140. The summed E-state index contributed by atoms with van der Waals surface area (Å²) < 4.78 is 53.7. The maximum Gasteiger partial charge on any atom is 0.264 e. The second kappa shape index (κ2) is 13.0. The molecule has 1 aliphatic heterocycles. The highest BCUT2D eigenvalue weighted by atomic mass is 35.5. The molecule has 1 heterocycles. The third-order valence-corrected chi connectivity index (χ3v) is 8.84. The molecule has 0 radical (unpaired) electrons. The van der Waals surface area contributed by atoms with Crippen LogP contribution in [0, 0.1) is 5.82 Å². The molecule has 41 heavy (non-hydrogen) atoms. The number of rotatable bonds is 10. The quantitative estimate of drug-likeness (QED) is 0.352. The van der Waals surface area contributed by atoms with E-state index in [0.29, 0.717) is 22.9 Å². The van der Waals surface area contributed by atoms with Gasteiger partial charge in [0.15, 0.2) is 11.5 Å². The molecule has 9 nitrogen and oxygen atoms in total. The molecule has 0 saturated carbocycles. The monoisotopic (exact) mass is 623 g/mol. The van der Waals surface area contributed by atoms with Gasteiger partial charge in [-0.3, -0.25) is 13.9 Å². The van der Waals surface area contributed by atoms with Gasteiger partial charge < -0.3 is 19.7 Å². The smallest absolute Gasteiger partial charge is 0.264 e. The summed E-state index contributed by atoms with van der Waals surface area (Å²) in [5.74, 6) is -1.07. The summed E-state index contributed by atoms with van der Waals surface area (Å²) in [6.45, 7) is 1.51. The first kappa shape index (κ1) is 30.4. The Kier molecular flexibility index (Phi) is 9.62. The van der Waals surface area contributed by atoms with E-state index in [-0.39, 0.29) is 40.9 Å². The fraction of sp³-hybridized carbons (Fsp3) is 0.286. The van der Waals surface area contributed by atoms with Gasteiger partial charge in [-0.15, -0.1) is 0 Å². The predicted molar refractivity (Wildman–Crippen MR) is 154 cm³/mol. The zero-order chi connectivity index (χ0) is 29.7. The zero-order valence-electron chi connectivity index (χ0n) is 22.3. The minimum Gasteiger partial charge on any atom is -0.486 e. The molecular formula is C28H28Cl2FN3O6S. The molecule has 1 atom stereocenters. The van der Waals surface area contributed by atoms with Crippen molar-refractivity contribution < 1.29 is 31.9 Å². The van der Waals surface area contributed by atoms with Gasteiger partial charge in [-0.2, -0.15) is 0 Å². The average molecular weight is 625 g/mol. The molecule has 1 aliphatic rings. The van der Waals surface area contributed by atoms with Crippen LogP contribution in [0.3, 0.4) is 0 Å². The van der Waals surface area contributed by atoms with Gasteiger partial charge in [0, 0.05) is 29.7 Å². The van der Waals surface area contributed by atoms with E-state index < -0.39 is 40.2 Å². The number of nitrogens with one attached hydrogen (secondary N) is 1. The fourth-order valence-corrected chi connectivity index (χ4v) is 6.27. The van der Waals surface area contributed by atoms with E-state index in [2.05, 4.69) is 5.32 Å². The number of fused-ring (bicyclic) bond motifs is 1. The number of sulfonamides is 1. The Morgan fingerprint density at radius 1 is 1.00 bits per heavy atom. The maximum absolute atomic E-state index is 14.0. The van der Waals surface area contributed by atoms with Crippen LogP contribution in [0.25, 0.3) is 0 Å². The third-order valence-electron chi connectivity index (χ3n) is 6.48. The van der Waals surface area contributed by atoms with Gasteiger partial charge >= 0.3 is 0 Å². The Morgan fingerprint density at radius 2 is 1.68 bits per heavy atom. The van der Waals surface area contributed by atoms with Gasteiger partial charge in [0.1, 0.15) is 31.6 Å². The number of ether oxygens (including phenoxy) is 2. The van der Waals surface area contributed by atoms with E-state index in [1.165, 1.54) is 48.3 Å². The molecule has 3 aromatic rings. The van der Waals surface area contributed by atoms with Gasteiger partial charge in [-0.05, 0) is 60.5 Å². The van der Waals surface area contributed by atoms with Gasteiger partial charge in [0.05, 0.1) is 10.6 Å². The third kappa shape index (κ3) is 6.86. The van der Waals surface area contributed by atoms with Crippen LogP contribution in [0.4, 0.5) is 10.1 Å². The molecule has 3 aromatic carbocycles. The van der Waals surface area contributed by atoms with E-state index in [9.17, 15) is 22.4 Å². The van der Waals surface area contributed by atoms with Crippen LogP contribution in [-0.2, 0) is 26.2 Å². The first-order chi connectivity index (χ1) is 19.5. The lowest BCUT2D eigenvalue weighted by Crippen LogP contribution is -2.51. The largest absolute Gasteiger partial charge is 0.486 e. The minimum absolute atomic E-state index is 0.0482. The van der Waals surface area contributed by atoms with E-state index in [4.69, 9.17) is 32.7 Å². The molecular weight excluding hydrogens is 596 g/mol. The first-order valence-electron chi connectivity index (χ1n) is 12.7. The van der Waals surface area contributed by atoms with Crippen LogP contribution in [-0.4, -0.2) is 58.0 Å². The van der Waals surface area contributed by atoms with E-state index in [0.717, 1.165) is 16.4 Å². The molecule has 2 amide bonds. The van der Waals surface area contributed by atoms with E-state index >= 15 is 0 Å². The average Bonchev–Trinajstić information content (AvgIpc) is 2.96. The number of benzene rings is 3. The van der Waals surface area contributed by atoms with Crippen LogP contribution in [0.2, 0.25) is 10.0 Å². The Morgan fingerprint density at radius 3 is 2.32 bits per heavy atom. The van der Waals surface area contributed by atoms with Crippen LogP contribution in [0.1, 0.15) is 18.9 Å². The molecule has 0 spiro atoms. The molecule has 0 aliphatic carbocycles. The summed E-state index contributed by atoms with van der Waals surface area (Å²) >= 11 is 12.4. The fourth-order valence-electron chi connectivity index (χ4n) is 4.37. The summed E-state index contributed by atoms with van der Waals surface area (Å²) in [5.41, 5.74) is 0.557. The Bertz CT molecular complexity index is 1540. The number of hydrogen-bond donors (Lipinski definition) is 1. The molecule has 0 saturated heterocycles. The number of hydrogen-bond acceptors (Lipinski definition) is 6. The predicted octanol–water partition coefficient (Wildman–Crippen LogP) is 4.65. The topological polar surface area (TPSA) is 105 Å². The van der Waals surface area contributed by atoms with Gasteiger partial charge in [-0.1, -0.05) is 36.2 Å². The van der Waals surface area contributed by atoms with Crippen molar-refractivity contribution in [1.82, 2.24) is 10.2 Å². The highest BCUT2D eigenvalue weighted by molar-refractivity contribution is 7.92. The van der Waals surface area contributed by atoms with Crippen LogP contribution in [0.15, 0.2) is 65.6 Å². The van der Waals surface area contributed by atoms with E-state index in [1.807, 2.05) is 0 Å². The maximum atomic E-state index is 14.0. The number of nitrogens with zero attached hydrogens (tertiary/aromatic N) is 2. The molecule has 0 bridgehead atoms. The van der Waals surface area contributed by atoms with Crippen LogP contribution < -0.4 is 19.1 Å². The Hall–Kier alpha value is -3.54. The number of halogens is 3. The highest BCUT2D eigenvalue weighted by Crippen LogP contribution is 2.34. The van der Waals surface area contributed by atoms with Crippen LogP contribution in [0.5, 0.6) is 11.5 Å². The number of amides is 2. The molecule has 0 fully saturated rings. The zero-order valence-corrected chi connectivity index (χ0v) is 24.6. The minimum atomic E-state index is -4.39. The number of anilines is 1. The van der Waals surface area contributed by atoms with Crippen molar-refractivity contribution in [2.24, 2.45) is 0 Å². The highest BCUT2D eigenvalue weighted by Gasteiger charge is 2.34. The number of carbonyl (C=O) groups is 2.